The average molecular weight is 438 g/mol. The van der Waals surface area contributed by atoms with Crippen LogP contribution in [0, 0.1) is 25.7 Å². The van der Waals surface area contributed by atoms with E-state index in [4.69, 9.17) is 0 Å². The molecule has 1 N–H and O–H groups in total. The summed E-state index contributed by atoms with van der Waals surface area (Å²) in [5.41, 5.74) is 5.95. The van der Waals surface area contributed by atoms with Crippen molar-refractivity contribution in [2.45, 2.75) is 20.3 Å². The summed E-state index contributed by atoms with van der Waals surface area (Å²) in [6, 6.07) is 11.3. The predicted octanol–water partition coefficient (Wildman–Crippen LogP) is 3.70. The summed E-state index contributed by atoms with van der Waals surface area (Å²) in [7, 11) is 1.54. The van der Waals surface area contributed by atoms with Crippen LogP contribution in [0.3, 0.4) is 0 Å². The summed E-state index contributed by atoms with van der Waals surface area (Å²) in [5, 5.41) is 6.49. The van der Waals surface area contributed by atoms with Gasteiger partial charge in [-0.15, -0.1) is 0 Å². The number of nitrogens with zero attached hydrogens (tertiary/aromatic N) is 4. The van der Waals surface area contributed by atoms with Gasteiger partial charge in [-0.3, -0.25) is 4.79 Å². The molecule has 0 bridgehead atoms. The first kappa shape index (κ1) is 21.8. The second-order valence-electron chi connectivity index (χ2n) is 7.76. The fourth-order valence-electron chi connectivity index (χ4n) is 3.47. The van der Waals surface area contributed by atoms with E-state index in [1.165, 1.54) is 17.9 Å². The molecule has 7 nitrogen and oxygen atoms in total. The van der Waals surface area contributed by atoms with Gasteiger partial charge in [-0.05, 0) is 48.7 Å². The number of aromatic nitrogens is 4. The van der Waals surface area contributed by atoms with Crippen LogP contribution in [0.2, 0.25) is 0 Å². The summed E-state index contributed by atoms with van der Waals surface area (Å²) in [6.45, 7) is 3.96. The van der Waals surface area contributed by atoms with E-state index in [-0.39, 0.29) is 18.2 Å². The van der Waals surface area contributed by atoms with E-state index in [2.05, 4.69) is 33.3 Å². The molecule has 0 radical (unpaired) electrons. The Hall–Kier alpha value is -4.44. The molecule has 4 aromatic rings. The third-order valence-electron chi connectivity index (χ3n) is 5.19. The van der Waals surface area contributed by atoms with Gasteiger partial charge in [0.05, 0.1) is 24.3 Å². The number of imidazole rings is 1. The molecule has 0 saturated heterocycles. The molecule has 0 aliphatic carbocycles. The van der Waals surface area contributed by atoms with Crippen LogP contribution in [0.15, 0.2) is 67.5 Å². The largest absolute Gasteiger partial charge is 0.341 e. The lowest BCUT2D eigenvalue weighted by atomic mass is 9.97. The molecule has 2 aromatic carbocycles. The van der Waals surface area contributed by atoms with Gasteiger partial charge in [0.15, 0.2) is 5.78 Å². The number of benzene rings is 2. The lowest BCUT2D eigenvalue weighted by Gasteiger charge is -2.09. The van der Waals surface area contributed by atoms with Gasteiger partial charge in [-0.2, -0.15) is 9.78 Å². The summed E-state index contributed by atoms with van der Waals surface area (Å²) < 4.78 is 3.11. The Morgan fingerprint density at radius 1 is 1.09 bits per heavy atom. The van der Waals surface area contributed by atoms with Crippen LogP contribution in [0.25, 0.3) is 5.69 Å². The summed E-state index contributed by atoms with van der Waals surface area (Å²) >= 11 is 0. The third-order valence-corrected chi connectivity index (χ3v) is 5.19. The molecule has 7 heteroatoms. The number of aryl methyl sites for hydroxylation is 2. The number of nitrogens with one attached hydrogen (secondary N) is 1. The number of carbonyl (C=O) groups is 2. The Bertz CT molecular complexity index is 1390. The van der Waals surface area contributed by atoms with Gasteiger partial charge in [0, 0.05) is 42.7 Å². The molecule has 0 aliphatic heterocycles. The number of hydrogen-bond donors (Lipinski definition) is 1. The molecule has 0 atom stereocenters. The summed E-state index contributed by atoms with van der Waals surface area (Å²) in [6.07, 6.45) is 8.73. The van der Waals surface area contributed by atoms with E-state index in [9.17, 15) is 9.59 Å². The van der Waals surface area contributed by atoms with Gasteiger partial charge in [0.1, 0.15) is 0 Å². The first-order valence-electron chi connectivity index (χ1n) is 10.4. The Balaban J connectivity index is 1.55. The zero-order chi connectivity index (χ0) is 23.4. The monoisotopic (exact) mass is 437 g/mol. The highest BCUT2D eigenvalue weighted by Crippen LogP contribution is 2.18. The minimum Gasteiger partial charge on any atom is -0.339 e. The number of rotatable bonds is 4. The van der Waals surface area contributed by atoms with Gasteiger partial charge in [-0.25, -0.2) is 9.78 Å². The van der Waals surface area contributed by atoms with Crippen molar-refractivity contribution < 1.29 is 9.59 Å². The van der Waals surface area contributed by atoms with E-state index in [1.54, 1.807) is 18.7 Å². The fraction of sp³-hybridized carbons (Fsp3) is 0.154. The zero-order valence-electron chi connectivity index (χ0n) is 18.7. The first-order chi connectivity index (χ1) is 15.9. The van der Waals surface area contributed by atoms with Crippen molar-refractivity contribution in [3.8, 4) is 17.5 Å². The zero-order valence-corrected chi connectivity index (χ0v) is 18.7. The SMILES string of the molecule is CNC(=O)n1cc(C#Cc2cc(C(=O)Cc3cc(C)cc(-n4ccnc4)c3)ccc2C)cn1. The fourth-order valence-corrected chi connectivity index (χ4v) is 3.47. The van der Waals surface area contributed by atoms with Crippen LogP contribution in [0.1, 0.15) is 38.2 Å². The number of ketones is 1. The quantitative estimate of drug-likeness (QED) is 0.390. The van der Waals surface area contributed by atoms with E-state index in [0.29, 0.717) is 11.1 Å². The molecule has 33 heavy (non-hydrogen) atoms. The van der Waals surface area contributed by atoms with Crippen molar-refractivity contribution in [3.05, 3.63) is 101 Å². The number of amides is 1. The maximum Gasteiger partial charge on any atom is 0.341 e. The molecule has 0 fully saturated rings. The highest BCUT2D eigenvalue weighted by molar-refractivity contribution is 5.98. The van der Waals surface area contributed by atoms with Crippen LogP contribution in [0.4, 0.5) is 4.79 Å². The third kappa shape index (κ3) is 5.08. The molecule has 0 unspecified atom stereocenters. The van der Waals surface area contributed by atoms with Crippen LogP contribution in [-0.2, 0) is 6.42 Å². The Kier molecular flexibility index (Phi) is 6.18. The minimum absolute atomic E-state index is 0.0210. The van der Waals surface area contributed by atoms with Crippen molar-refractivity contribution in [1.29, 1.82) is 0 Å². The van der Waals surface area contributed by atoms with Crippen molar-refractivity contribution in [2.24, 2.45) is 0 Å². The highest BCUT2D eigenvalue weighted by atomic mass is 16.2. The summed E-state index contributed by atoms with van der Waals surface area (Å²) in [5.74, 6) is 6.13. The van der Waals surface area contributed by atoms with Crippen molar-refractivity contribution in [3.63, 3.8) is 0 Å². The van der Waals surface area contributed by atoms with Crippen LogP contribution >= 0.6 is 0 Å². The van der Waals surface area contributed by atoms with Gasteiger partial charge in [0.25, 0.3) is 0 Å². The summed E-state index contributed by atoms with van der Waals surface area (Å²) in [4.78, 5) is 28.8. The molecule has 0 aliphatic rings. The van der Waals surface area contributed by atoms with E-state index >= 15 is 0 Å². The van der Waals surface area contributed by atoms with E-state index in [1.807, 2.05) is 54.9 Å². The smallest absolute Gasteiger partial charge is 0.339 e. The topological polar surface area (TPSA) is 81.8 Å². The molecular formula is C26H23N5O2. The first-order valence-corrected chi connectivity index (χ1v) is 10.4. The van der Waals surface area contributed by atoms with Gasteiger partial charge in [-0.1, -0.05) is 30.0 Å². The molecule has 1 amide bonds. The van der Waals surface area contributed by atoms with Crippen molar-refractivity contribution in [2.75, 3.05) is 7.05 Å². The van der Waals surface area contributed by atoms with Crippen molar-refractivity contribution in [1.82, 2.24) is 24.6 Å². The van der Waals surface area contributed by atoms with E-state index < -0.39 is 0 Å². The number of Topliss-reactive ketones (excluding diaryl/α,β-unsaturated/α-hetero) is 1. The normalized spacial score (nSPS) is 10.4. The van der Waals surface area contributed by atoms with E-state index in [0.717, 1.165) is 27.9 Å². The van der Waals surface area contributed by atoms with Gasteiger partial charge < -0.3 is 9.88 Å². The molecule has 2 aromatic heterocycles. The predicted molar refractivity (Wildman–Crippen MR) is 126 cm³/mol. The Morgan fingerprint density at radius 3 is 2.70 bits per heavy atom. The highest BCUT2D eigenvalue weighted by Gasteiger charge is 2.11. The maximum absolute atomic E-state index is 13.0. The Morgan fingerprint density at radius 2 is 1.94 bits per heavy atom. The minimum atomic E-state index is -0.334. The molecule has 0 saturated carbocycles. The maximum atomic E-state index is 13.0. The lowest BCUT2D eigenvalue weighted by molar-refractivity contribution is 0.0993. The number of hydrogen-bond acceptors (Lipinski definition) is 4. The van der Waals surface area contributed by atoms with Gasteiger partial charge >= 0.3 is 6.03 Å². The molecular weight excluding hydrogens is 414 g/mol. The number of carbonyl (C=O) groups excluding carboxylic acids is 2. The molecule has 4 rings (SSSR count). The Labute approximate surface area is 192 Å². The van der Waals surface area contributed by atoms with Crippen LogP contribution in [0.5, 0.6) is 0 Å². The molecule has 2 heterocycles. The van der Waals surface area contributed by atoms with Gasteiger partial charge in [0.2, 0.25) is 0 Å². The second-order valence-corrected chi connectivity index (χ2v) is 7.76. The van der Waals surface area contributed by atoms with Crippen LogP contribution < -0.4 is 5.32 Å². The standard InChI is InChI=1S/C26H23N5O2/c1-18-10-21(12-24(11-18)30-9-8-28-17-30)13-25(32)23-6-4-19(2)22(14-23)7-5-20-15-29-31(16-20)26(33)27-3/h4,6,8-12,14-17H,13H2,1-3H3,(H,27,33). The molecule has 164 valence electrons. The van der Waals surface area contributed by atoms with Crippen molar-refractivity contribution >= 4 is 11.8 Å². The van der Waals surface area contributed by atoms with Crippen LogP contribution in [-0.4, -0.2) is 38.2 Å². The second kappa shape index (κ2) is 9.37. The lowest BCUT2D eigenvalue weighted by Crippen LogP contribution is -2.24. The molecule has 0 spiro atoms. The average Bonchev–Trinajstić information content (AvgIpc) is 3.50.